The Labute approximate surface area is 160 Å². The highest BCUT2D eigenvalue weighted by atomic mass is 35.5. The number of amides is 1. The zero-order valence-electron chi connectivity index (χ0n) is 15.1. The number of anilines is 1. The van der Waals surface area contributed by atoms with Gasteiger partial charge in [0.1, 0.15) is 6.54 Å². The SMILES string of the molecule is CC(C)c1ccc(N(CC(=O)NCc2ccc(Cl)cc2)S(C)(=O)=O)cc1. The van der Waals surface area contributed by atoms with Crippen LogP contribution in [0, 0.1) is 0 Å². The number of nitrogens with one attached hydrogen (secondary N) is 1. The Kier molecular flexibility index (Phi) is 6.67. The van der Waals surface area contributed by atoms with Gasteiger partial charge in [-0.25, -0.2) is 8.42 Å². The third-order valence-corrected chi connectivity index (χ3v) is 5.33. The lowest BCUT2D eigenvalue weighted by atomic mass is 10.0. The average Bonchev–Trinajstić information content (AvgIpc) is 2.58. The summed E-state index contributed by atoms with van der Waals surface area (Å²) in [6.07, 6.45) is 1.09. The Morgan fingerprint density at radius 1 is 1.08 bits per heavy atom. The topological polar surface area (TPSA) is 66.5 Å². The van der Waals surface area contributed by atoms with Gasteiger partial charge in [-0.1, -0.05) is 49.7 Å². The van der Waals surface area contributed by atoms with Crippen LogP contribution < -0.4 is 9.62 Å². The van der Waals surface area contributed by atoms with Crippen LogP contribution >= 0.6 is 11.6 Å². The minimum atomic E-state index is -3.58. The van der Waals surface area contributed by atoms with Crippen LogP contribution in [0.4, 0.5) is 5.69 Å². The van der Waals surface area contributed by atoms with Gasteiger partial charge in [0.2, 0.25) is 15.9 Å². The maximum absolute atomic E-state index is 12.2. The fraction of sp³-hybridized carbons (Fsp3) is 0.316. The number of hydrogen-bond donors (Lipinski definition) is 1. The van der Waals surface area contributed by atoms with Gasteiger partial charge in [-0.15, -0.1) is 0 Å². The molecule has 2 aromatic rings. The van der Waals surface area contributed by atoms with E-state index in [-0.39, 0.29) is 12.5 Å². The fourth-order valence-electron chi connectivity index (χ4n) is 2.41. The summed E-state index contributed by atoms with van der Waals surface area (Å²) in [6.45, 7) is 4.16. The molecule has 0 saturated carbocycles. The Balaban J connectivity index is 2.07. The monoisotopic (exact) mass is 394 g/mol. The molecule has 2 rings (SSSR count). The molecule has 0 aliphatic heterocycles. The summed E-state index contributed by atoms with van der Waals surface area (Å²) in [5.41, 5.74) is 2.46. The molecule has 7 heteroatoms. The van der Waals surface area contributed by atoms with Crippen LogP contribution in [0.3, 0.4) is 0 Å². The maximum Gasteiger partial charge on any atom is 0.241 e. The van der Waals surface area contributed by atoms with E-state index in [2.05, 4.69) is 19.2 Å². The Hall–Kier alpha value is -2.05. The lowest BCUT2D eigenvalue weighted by Gasteiger charge is -2.22. The molecule has 0 aromatic heterocycles. The molecule has 0 bridgehead atoms. The van der Waals surface area contributed by atoms with Crippen molar-refractivity contribution in [2.75, 3.05) is 17.1 Å². The predicted octanol–water partition coefficient (Wildman–Crippen LogP) is 3.55. The summed E-state index contributed by atoms with van der Waals surface area (Å²) in [6, 6.07) is 14.3. The Morgan fingerprint density at radius 3 is 2.15 bits per heavy atom. The van der Waals surface area contributed by atoms with E-state index < -0.39 is 10.0 Å². The van der Waals surface area contributed by atoms with Gasteiger partial charge in [0, 0.05) is 11.6 Å². The van der Waals surface area contributed by atoms with Gasteiger partial charge >= 0.3 is 0 Å². The fourth-order valence-corrected chi connectivity index (χ4v) is 3.40. The van der Waals surface area contributed by atoms with Crippen molar-refractivity contribution in [2.45, 2.75) is 26.3 Å². The molecule has 0 aliphatic carbocycles. The molecule has 2 aromatic carbocycles. The van der Waals surface area contributed by atoms with E-state index in [1.807, 2.05) is 24.3 Å². The highest BCUT2D eigenvalue weighted by molar-refractivity contribution is 7.92. The highest BCUT2D eigenvalue weighted by Crippen LogP contribution is 2.21. The van der Waals surface area contributed by atoms with Crippen LogP contribution in [0.1, 0.15) is 30.9 Å². The molecule has 0 atom stereocenters. The van der Waals surface area contributed by atoms with Crippen molar-refractivity contribution in [3.8, 4) is 0 Å². The van der Waals surface area contributed by atoms with E-state index in [1.54, 1.807) is 24.3 Å². The summed E-state index contributed by atoms with van der Waals surface area (Å²) in [5.74, 6) is -0.0308. The van der Waals surface area contributed by atoms with Gasteiger partial charge in [0.05, 0.1) is 11.9 Å². The molecule has 0 radical (unpaired) electrons. The summed E-state index contributed by atoms with van der Waals surface area (Å²) >= 11 is 5.83. The lowest BCUT2D eigenvalue weighted by molar-refractivity contribution is -0.119. The summed E-state index contributed by atoms with van der Waals surface area (Å²) < 4.78 is 25.4. The molecule has 0 heterocycles. The van der Waals surface area contributed by atoms with Gasteiger partial charge in [0.15, 0.2) is 0 Å². The van der Waals surface area contributed by atoms with Crippen LogP contribution in [-0.4, -0.2) is 27.1 Å². The number of halogens is 1. The van der Waals surface area contributed by atoms with E-state index >= 15 is 0 Å². The molecule has 1 amide bonds. The first-order valence-electron chi connectivity index (χ1n) is 8.25. The molecule has 0 spiro atoms. The van der Waals surface area contributed by atoms with Gasteiger partial charge < -0.3 is 5.32 Å². The number of carbonyl (C=O) groups is 1. The molecule has 1 N–H and O–H groups in total. The molecule has 140 valence electrons. The number of sulfonamides is 1. The summed E-state index contributed by atoms with van der Waals surface area (Å²) in [4.78, 5) is 12.2. The van der Waals surface area contributed by atoms with E-state index in [1.165, 1.54) is 0 Å². The van der Waals surface area contributed by atoms with Crippen LogP contribution in [0.5, 0.6) is 0 Å². The van der Waals surface area contributed by atoms with E-state index in [0.29, 0.717) is 23.2 Å². The third-order valence-electron chi connectivity index (χ3n) is 3.94. The van der Waals surface area contributed by atoms with Crippen molar-refractivity contribution < 1.29 is 13.2 Å². The number of rotatable bonds is 7. The normalized spacial score (nSPS) is 11.4. The van der Waals surface area contributed by atoms with Crippen LogP contribution in [0.15, 0.2) is 48.5 Å². The second-order valence-corrected chi connectivity index (χ2v) is 8.76. The maximum atomic E-state index is 12.2. The number of benzene rings is 2. The molecule has 0 saturated heterocycles. The Bertz CT molecular complexity index is 847. The summed E-state index contributed by atoms with van der Waals surface area (Å²) in [5, 5.41) is 3.35. The highest BCUT2D eigenvalue weighted by Gasteiger charge is 2.20. The van der Waals surface area contributed by atoms with Crippen molar-refractivity contribution in [1.29, 1.82) is 0 Å². The Morgan fingerprint density at radius 2 is 1.65 bits per heavy atom. The molecular weight excluding hydrogens is 372 g/mol. The first-order chi connectivity index (χ1) is 12.2. The first-order valence-corrected chi connectivity index (χ1v) is 10.5. The van der Waals surface area contributed by atoms with Gasteiger partial charge in [0.25, 0.3) is 0 Å². The van der Waals surface area contributed by atoms with E-state index in [9.17, 15) is 13.2 Å². The van der Waals surface area contributed by atoms with E-state index in [0.717, 1.165) is 21.7 Å². The predicted molar refractivity (Wildman–Crippen MR) is 106 cm³/mol. The van der Waals surface area contributed by atoms with Crippen LogP contribution in [0.25, 0.3) is 0 Å². The summed E-state index contributed by atoms with van der Waals surface area (Å²) in [7, 11) is -3.58. The minimum absolute atomic E-state index is 0.270. The third kappa shape index (κ3) is 5.75. The number of carbonyl (C=O) groups excluding carboxylic acids is 1. The second kappa shape index (κ2) is 8.56. The van der Waals surface area contributed by atoms with Gasteiger partial charge in [-0.2, -0.15) is 0 Å². The van der Waals surface area contributed by atoms with Crippen molar-refractivity contribution in [2.24, 2.45) is 0 Å². The van der Waals surface area contributed by atoms with Crippen molar-refractivity contribution in [1.82, 2.24) is 5.32 Å². The van der Waals surface area contributed by atoms with Crippen molar-refractivity contribution in [3.05, 3.63) is 64.7 Å². The zero-order chi connectivity index (χ0) is 19.3. The van der Waals surface area contributed by atoms with Crippen molar-refractivity contribution >= 4 is 33.2 Å². The lowest BCUT2D eigenvalue weighted by Crippen LogP contribution is -2.40. The number of hydrogen-bond acceptors (Lipinski definition) is 3. The van der Waals surface area contributed by atoms with Crippen LogP contribution in [0.2, 0.25) is 5.02 Å². The smallest absolute Gasteiger partial charge is 0.241 e. The molecular formula is C19H23ClN2O3S. The van der Waals surface area contributed by atoms with E-state index in [4.69, 9.17) is 11.6 Å². The molecule has 0 fully saturated rings. The average molecular weight is 395 g/mol. The zero-order valence-corrected chi connectivity index (χ0v) is 16.6. The molecule has 0 aliphatic rings. The van der Waals surface area contributed by atoms with Crippen molar-refractivity contribution in [3.63, 3.8) is 0 Å². The second-order valence-electron chi connectivity index (χ2n) is 6.42. The molecule has 0 unspecified atom stereocenters. The van der Waals surface area contributed by atoms with Crippen LogP contribution in [-0.2, 0) is 21.4 Å². The molecule has 26 heavy (non-hydrogen) atoms. The minimum Gasteiger partial charge on any atom is -0.350 e. The standard InChI is InChI=1S/C19H23ClN2O3S/c1-14(2)16-6-10-18(11-7-16)22(26(3,24)25)13-19(23)21-12-15-4-8-17(20)9-5-15/h4-11,14H,12-13H2,1-3H3,(H,21,23). The molecule has 5 nitrogen and oxygen atoms in total. The first kappa shape index (κ1) is 20.3. The largest absolute Gasteiger partial charge is 0.350 e. The van der Waals surface area contributed by atoms with Gasteiger partial charge in [-0.05, 0) is 41.3 Å². The number of nitrogens with zero attached hydrogens (tertiary/aromatic N) is 1. The quantitative estimate of drug-likeness (QED) is 0.780. The van der Waals surface area contributed by atoms with Gasteiger partial charge in [-0.3, -0.25) is 9.10 Å².